The second-order valence-electron chi connectivity index (χ2n) is 4.60. The zero-order chi connectivity index (χ0) is 15.4. The second kappa shape index (κ2) is 6.21. The van der Waals surface area contributed by atoms with Gasteiger partial charge in [0.25, 0.3) is 5.91 Å². The van der Waals surface area contributed by atoms with E-state index in [9.17, 15) is 9.59 Å². The zero-order valence-electron chi connectivity index (χ0n) is 12.0. The molecule has 0 saturated heterocycles. The maximum absolute atomic E-state index is 12.1. The van der Waals surface area contributed by atoms with Crippen molar-refractivity contribution in [3.8, 4) is 0 Å². The van der Waals surface area contributed by atoms with Gasteiger partial charge in [-0.15, -0.1) is 0 Å². The quantitative estimate of drug-likeness (QED) is 0.878. The number of carboxylic acid groups (broad SMARTS) is 1. The number of nitrogens with zero attached hydrogens (tertiary/aromatic N) is 2. The van der Waals surface area contributed by atoms with Crippen LogP contribution in [-0.2, 0) is 13.1 Å². The Kier molecular flexibility index (Phi) is 4.37. The number of amides is 1. The van der Waals surface area contributed by atoms with E-state index in [1.165, 1.54) is 12.1 Å². The Labute approximate surface area is 122 Å². The van der Waals surface area contributed by atoms with Crippen molar-refractivity contribution in [3.63, 3.8) is 0 Å². The average molecular weight is 287 g/mol. The summed E-state index contributed by atoms with van der Waals surface area (Å²) in [5, 5.41) is 16.0. The van der Waals surface area contributed by atoms with E-state index in [4.69, 9.17) is 5.11 Å². The number of aromatic nitrogens is 2. The number of rotatable bonds is 5. The SMILES string of the molecule is CCn1ncc(CNC(=O)c2ccccc2C(=O)O)c1C. The first-order valence-corrected chi connectivity index (χ1v) is 6.66. The fourth-order valence-corrected chi connectivity index (χ4v) is 2.12. The number of benzene rings is 1. The molecule has 0 saturated carbocycles. The van der Waals surface area contributed by atoms with Gasteiger partial charge in [0.2, 0.25) is 0 Å². The maximum Gasteiger partial charge on any atom is 0.336 e. The molecule has 21 heavy (non-hydrogen) atoms. The molecule has 0 aliphatic heterocycles. The standard InChI is InChI=1S/C15H17N3O3/c1-3-18-10(2)11(9-17-18)8-16-14(19)12-6-4-5-7-13(12)15(20)21/h4-7,9H,3,8H2,1-2H3,(H,16,19)(H,20,21). The smallest absolute Gasteiger partial charge is 0.336 e. The molecular weight excluding hydrogens is 270 g/mol. The molecule has 0 fully saturated rings. The van der Waals surface area contributed by atoms with E-state index in [1.54, 1.807) is 18.3 Å². The molecule has 2 N–H and O–H groups in total. The third-order valence-corrected chi connectivity index (χ3v) is 3.35. The lowest BCUT2D eigenvalue weighted by Gasteiger charge is -2.07. The van der Waals surface area contributed by atoms with Gasteiger partial charge in [0.05, 0.1) is 17.3 Å². The molecule has 0 radical (unpaired) electrons. The van der Waals surface area contributed by atoms with Crippen LogP contribution < -0.4 is 5.32 Å². The summed E-state index contributed by atoms with van der Waals surface area (Å²) in [6.45, 7) is 5.01. The Hall–Kier alpha value is -2.63. The van der Waals surface area contributed by atoms with Crippen LogP contribution in [0.25, 0.3) is 0 Å². The topological polar surface area (TPSA) is 84.2 Å². The lowest BCUT2D eigenvalue weighted by Crippen LogP contribution is -2.25. The summed E-state index contributed by atoms with van der Waals surface area (Å²) in [7, 11) is 0. The largest absolute Gasteiger partial charge is 0.478 e. The summed E-state index contributed by atoms with van der Waals surface area (Å²) in [5.74, 6) is -1.52. The Balaban J connectivity index is 2.12. The van der Waals surface area contributed by atoms with Gasteiger partial charge in [0.1, 0.15) is 0 Å². The molecule has 1 aromatic carbocycles. The first-order chi connectivity index (χ1) is 10.0. The minimum atomic E-state index is -1.12. The third-order valence-electron chi connectivity index (χ3n) is 3.35. The van der Waals surface area contributed by atoms with Gasteiger partial charge >= 0.3 is 5.97 Å². The van der Waals surface area contributed by atoms with Crippen molar-refractivity contribution in [2.24, 2.45) is 0 Å². The molecule has 6 nitrogen and oxygen atoms in total. The van der Waals surface area contributed by atoms with E-state index in [2.05, 4.69) is 10.4 Å². The van der Waals surface area contributed by atoms with E-state index < -0.39 is 11.9 Å². The van der Waals surface area contributed by atoms with Crippen molar-refractivity contribution in [3.05, 3.63) is 52.8 Å². The normalized spacial score (nSPS) is 10.4. The second-order valence-corrected chi connectivity index (χ2v) is 4.60. The predicted octanol–water partition coefficient (Wildman–Crippen LogP) is 1.84. The summed E-state index contributed by atoms with van der Waals surface area (Å²) in [6.07, 6.45) is 1.71. The molecule has 2 aromatic rings. The Morgan fingerprint density at radius 2 is 1.95 bits per heavy atom. The Bertz CT molecular complexity index is 677. The molecule has 0 bridgehead atoms. The lowest BCUT2D eigenvalue weighted by molar-refractivity contribution is 0.0691. The average Bonchev–Trinajstić information content (AvgIpc) is 2.85. The van der Waals surface area contributed by atoms with E-state index in [1.807, 2.05) is 18.5 Å². The van der Waals surface area contributed by atoms with Gasteiger partial charge in [0, 0.05) is 24.3 Å². The van der Waals surface area contributed by atoms with Crippen molar-refractivity contribution in [1.82, 2.24) is 15.1 Å². The van der Waals surface area contributed by atoms with Gasteiger partial charge in [-0.2, -0.15) is 5.10 Å². The number of aryl methyl sites for hydroxylation is 1. The van der Waals surface area contributed by atoms with Crippen LogP contribution in [0.15, 0.2) is 30.5 Å². The van der Waals surface area contributed by atoms with Crippen molar-refractivity contribution in [2.45, 2.75) is 26.9 Å². The molecule has 110 valence electrons. The molecule has 1 amide bonds. The molecule has 0 aliphatic rings. The van der Waals surface area contributed by atoms with E-state index >= 15 is 0 Å². The van der Waals surface area contributed by atoms with Crippen LogP contribution in [0.2, 0.25) is 0 Å². The third kappa shape index (κ3) is 3.10. The van der Waals surface area contributed by atoms with Crippen LogP contribution in [0.4, 0.5) is 0 Å². The summed E-state index contributed by atoms with van der Waals surface area (Å²) >= 11 is 0. The number of nitrogens with one attached hydrogen (secondary N) is 1. The summed E-state index contributed by atoms with van der Waals surface area (Å²) < 4.78 is 1.84. The van der Waals surface area contributed by atoms with Crippen LogP contribution in [0.5, 0.6) is 0 Å². The minimum absolute atomic E-state index is 0.00373. The highest BCUT2D eigenvalue weighted by molar-refractivity contribution is 6.04. The van der Waals surface area contributed by atoms with E-state index in [-0.39, 0.29) is 11.1 Å². The Morgan fingerprint density at radius 3 is 2.52 bits per heavy atom. The van der Waals surface area contributed by atoms with Gasteiger partial charge < -0.3 is 10.4 Å². The van der Waals surface area contributed by atoms with Crippen molar-refractivity contribution in [1.29, 1.82) is 0 Å². The molecule has 6 heteroatoms. The fraction of sp³-hybridized carbons (Fsp3) is 0.267. The predicted molar refractivity (Wildman–Crippen MR) is 77.2 cm³/mol. The molecule has 1 aromatic heterocycles. The maximum atomic E-state index is 12.1. The van der Waals surface area contributed by atoms with Gasteiger partial charge in [-0.1, -0.05) is 12.1 Å². The van der Waals surface area contributed by atoms with Crippen LogP contribution >= 0.6 is 0 Å². The summed E-state index contributed by atoms with van der Waals surface area (Å²) in [6, 6.07) is 6.15. The number of carboxylic acids is 1. The number of carbonyl (C=O) groups excluding carboxylic acids is 1. The molecule has 0 unspecified atom stereocenters. The summed E-state index contributed by atoms with van der Waals surface area (Å²) in [4.78, 5) is 23.2. The first kappa shape index (κ1) is 14.8. The highest BCUT2D eigenvalue weighted by Crippen LogP contribution is 2.10. The van der Waals surface area contributed by atoms with E-state index in [0.717, 1.165) is 17.8 Å². The van der Waals surface area contributed by atoms with E-state index in [0.29, 0.717) is 6.54 Å². The fourth-order valence-electron chi connectivity index (χ4n) is 2.12. The number of hydrogen-bond acceptors (Lipinski definition) is 3. The lowest BCUT2D eigenvalue weighted by atomic mass is 10.1. The van der Waals surface area contributed by atoms with Crippen LogP contribution in [0.3, 0.4) is 0 Å². The van der Waals surface area contributed by atoms with Crippen LogP contribution in [0, 0.1) is 6.92 Å². The Morgan fingerprint density at radius 1 is 1.29 bits per heavy atom. The van der Waals surface area contributed by atoms with Gasteiger partial charge in [-0.05, 0) is 26.0 Å². The molecule has 0 aliphatic carbocycles. The van der Waals surface area contributed by atoms with Crippen molar-refractivity contribution in [2.75, 3.05) is 0 Å². The molecule has 0 spiro atoms. The highest BCUT2D eigenvalue weighted by atomic mass is 16.4. The minimum Gasteiger partial charge on any atom is -0.478 e. The zero-order valence-corrected chi connectivity index (χ0v) is 12.0. The van der Waals surface area contributed by atoms with Gasteiger partial charge in [-0.25, -0.2) is 4.79 Å². The van der Waals surface area contributed by atoms with Crippen LogP contribution in [-0.4, -0.2) is 26.8 Å². The number of carbonyl (C=O) groups is 2. The molecule has 0 atom stereocenters. The molecular formula is C15H17N3O3. The summed E-state index contributed by atoms with van der Waals surface area (Å²) in [5.41, 5.74) is 2.06. The number of hydrogen-bond donors (Lipinski definition) is 2. The first-order valence-electron chi connectivity index (χ1n) is 6.66. The van der Waals surface area contributed by atoms with Crippen molar-refractivity contribution >= 4 is 11.9 Å². The van der Waals surface area contributed by atoms with Gasteiger partial charge in [-0.3, -0.25) is 9.48 Å². The molecule has 2 rings (SSSR count). The monoisotopic (exact) mass is 287 g/mol. The highest BCUT2D eigenvalue weighted by Gasteiger charge is 2.16. The van der Waals surface area contributed by atoms with Gasteiger partial charge in [0.15, 0.2) is 0 Å². The molecule has 1 heterocycles. The van der Waals surface area contributed by atoms with Crippen LogP contribution in [0.1, 0.15) is 38.9 Å². The number of aromatic carboxylic acids is 1. The van der Waals surface area contributed by atoms with Crippen molar-refractivity contribution < 1.29 is 14.7 Å².